The first-order valence-corrected chi connectivity index (χ1v) is 9.31. The van der Waals surface area contributed by atoms with Crippen molar-refractivity contribution in [2.45, 2.75) is 65.2 Å². The Morgan fingerprint density at radius 3 is 1.95 bits per heavy atom. The molecule has 0 spiro atoms. The van der Waals surface area contributed by atoms with Crippen LogP contribution in [0.3, 0.4) is 0 Å². The molecule has 0 bridgehead atoms. The fraction of sp³-hybridized carbons (Fsp3) is 1.00. The van der Waals surface area contributed by atoms with Crippen molar-refractivity contribution in [1.29, 1.82) is 0 Å². The van der Waals surface area contributed by atoms with Crippen LogP contribution >= 0.6 is 6.80 Å². The average Bonchev–Trinajstić information content (AvgIpc) is 2.29. The van der Waals surface area contributed by atoms with Crippen LogP contribution in [0.5, 0.6) is 0 Å². The Morgan fingerprint density at radius 1 is 1.05 bits per heavy atom. The average molecular weight is 364 g/mol. The fourth-order valence-electron chi connectivity index (χ4n) is 1.21. The molecule has 0 aliphatic carbocycles. The van der Waals surface area contributed by atoms with E-state index in [-0.39, 0.29) is 26.1 Å². The van der Waals surface area contributed by atoms with Gasteiger partial charge in [0.05, 0.1) is 6.61 Å². The predicted molar refractivity (Wildman–Crippen MR) is 76.3 cm³/mol. The SMILES string of the molecule is CCCCCCCCO.CCCCOP(=O)([O-])[S-].[Zn+2]. The van der Waals surface area contributed by atoms with E-state index in [1.165, 1.54) is 32.1 Å². The summed E-state index contributed by atoms with van der Waals surface area (Å²) in [6.45, 7) is 0.889. The summed E-state index contributed by atoms with van der Waals surface area (Å²) in [5, 5.41) is 8.42. The normalized spacial score (nSPS) is 12.9. The summed E-state index contributed by atoms with van der Waals surface area (Å²) in [5.74, 6) is 0. The van der Waals surface area contributed by atoms with Crippen molar-refractivity contribution in [3.63, 3.8) is 0 Å². The smallest absolute Gasteiger partial charge is 0.797 e. The second kappa shape index (κ2) is 19.1. The van der Waals surface area contributed by atoms with Crippen molar-refractivity contribution in [3.05, 3.63) is 0 Å². The van der Waals surface area contributed by atoms with Crippen LogP contribution in [-0.2, 0) is 40.8 Å². The van der Waals surface area contributed by atoms with Gasteiger partial charge in [0.2, 0.25) is 0 Å². The third kappa shape index (κ3) is 32.5. The third-order valence-electron chi connectivity index (χ3n) is 2.26. The summed E-state index contributed by atoms with van der Waals surface area (Å²) in [7, 11) is 0. The van der Waals surface area contributed by atoms with Gasteiger partial charge in [-0.1, -0.05) is 52.4 Å². The molecule has 0 radical (unpaired) electrons. The molecule has 0 saturated heterocycles. The Labute approximate surface area is 136 Å². The molecule has 0 aromatic carbocycles. The molecule has 19 heavy (non-hydrogen) atoms. The molecule has 0 fully saturated rings. The van der Waals surface area contributed by atoms with Crippen LogP contribution in [0.25, 0.3) is 0 Å². The Balaban J connectivity index is -0.000000256. The summed E-state index contributed by atoms with van der Waals surface area (Å²) in [5.41, 5.74) is 0. The van der Waals surface area contributed by atoms with Crippen LogP contribution in [0.15, 0.2) is 0 Å². The second-order valence-corrected chi connectivity index (χ2v) is 6.62. The maximum absolute atomic E-state index is 10.1. The van der Waals surface area contributed by atoms with Gasteiger partial charge in [0.15, 0.2) is 0 Å². The van der Waals surface area contributed by atoms with Gasteiger partial charge < -0.3 is 31.3 Å². The standard InChI is InChI=1S/C8H18O.C4H11O3PS.Zn/c1-2-3-4-5-6-7-8-9;1-2-3-4-7-8(5,6)9;/h9H,2-8H2,1H3;2-4H2,1H3,(H2,5,6,9);/q;;+2/p-2. The van der Waals surface area contributed by atoms with E-state index < -0.39 is 6.80 Å². The van der Waals surface area contributed by atoms with Crippen molar-refractivity contribution in [2.24, 2.45) is 0 Å². The first-order valence-electron chi connectivity index (χ1n) is 6.75. The zero-order valence-electron chi connectivity index (χ0n) is 12.3. The molecular weight excluding hydrogens is 337 g/mol. The van der Waals surface area contributed by atoms with Gasteiger partial charge in [0, 0.05) is 13.4 Å². The molecule has 0 saturated carbocycles. The molecule has 0 aromatic rings. The molecule has 0 aliphatic heterocycles. The molecule has 1 N–H and O–H groups in total. The van der Waals surface area contributed by atoms with Crippen LogP contribution in [0, 0.1) is 0 Å². The Bertz CT molecular complexity index is 196. The van der Waals surface area contributed by atoms with E-state index in [1.54, 1.807) is 0 Å². The number of hydrogen-bond acceptors (Lipinski definition) is 5. The van der Waals surface area contributed by atoms with Crippen molar-refractivity contribution >= 4 is 19.0 Å². The van der Waals surface area contributed by atoms with Crippen molar-refractivity contribution in [3.8, 4) is 0 Å². The number of rotatable bonds is 10. The van der Waals surface area contributed by atoms with E-state index in [1.807, 2.05) is 6.92 Å². The van der Waals surface area contributed by atoms with Crippen LogP contribution in [0.2, 0.25) is 0 Å². The minimum Gasteiger partial charge on any atom is -0.797 e. The van der Waals surface area contributed by atoms with Crippen molar-refractivity contribution in [2.75, 3.05) is 13.2 Å². The molecule has 4 nitrogen and oxygen atoms in total. The van der Waals surface area contributed by atoms with Crippen LogP contribution < -0.4 is 4.89 Å². The Hall–Kier alpha value is 1.08. The summed E-state index contributed by atoms with van der Waals surface area (Å²) < 4.78 is 14.4. The zero-order valence-corrected chi connectivity index (χ0v) is 17.0. The maximum atomic E-state index is 10.1. The monoisotopic (exact) mass is 362 g/mol. The molecular formula is C12H27O4PSZn. The minimum absolute atomic E-state index is 0. The van der Waals surface area contributed by atoms with E-state index in [9.17, 15) is 9.46 Å². The second-order valence-electron chi connectivity index (χ2n) is 4.13. The number of unbranched alkanes of at least 4 members (excludes halogenated alkanes) is 6. The molecule has 0 heterocycles. The minimum atomic E-state index is -3.86. The van der Waals surface area contributed by atoms with E-state index in [0.717, 1.165) is 19.3 Å². The van der Waals surface area contributed by atoms with Gasteiger partial charge in [-0.3, -0.25) is 0 Å². The Morgan fingerprint density at radius 2 is 1.53 bits per heavy atom. The van der Waals surface area contributed by atoms with Crippen LogP contribution in [0.4, 0.5) is 0 Å². The van der Waals surface area contributed by atoms with E-state index in [0.29, 0.717) is 6.61 Å². The Kier molecular flexibility index (Phi) is 25.2. The molecule has 0 aliphatic rings. The largest absolute Gasteiger partial charge is 2.00 e. The van der Waals surface area contributed by atoms with Gasteiger partial charge in [-0.25, -0.2) is 0 Å². The molecule has 1 unspecified atom stereocenters. The van der Waals surface area contributed by atoms with Gasteiger partial charge >= 0.3 is 19.5 Å². The molecule has 0 aromatic heterocycles. The number of hydrogen-bond donors (Lipinski definition) is 1. The fourth-order valence-corrected chi connectivity index (χ4v) is 1.79. The number of aliphatic hydroxyl groups excluding tert-OH is 1. The van der Waals surface area contributed by atoms with Crippen molar-refractivity contribution in [1.82, 2.24) is 0 Å². The predicted octanol–water partition coefficient (Wildman–Crippen LogP) is 3.16. The van der Waals surface area contributed by atoms with Gasteiger partial charge in [-0.15, -0.1) is 0 Å². The quantitative estimate of drug-likeness (QED) is 0.279. The van der Waals surface area contributed by atoms with Gasteiger partial charge in [-0.2, -0.15) is 0 Å². The first kappa shape index (κ1) is 25.1. The number of aliphatic hydroxyl groups is 1. The maximum Gasteiger partial charge on any atom is 2.00 e. The topological polar surface area (TPSA) is 69.6 Å². The first-order chi connectivity index (χ1) is 8.47. The summed E-state index contributed by atoms with van der Waals surface area (Å²) in [4.78, 5) is 10.1. The molecule has 1 atom stereocenters. The third-order valence-corrected chi connectivity index (χ3v) is 3.07. The van der Waals surface area contributed by atoms with Gasteiger partial charge in [0.25, 0.3) is 0 Å². The zero-order chi connectivity index (χ0) is 14.3. The van der Waals surface area contributed by atoms with Gasteiger partial charge in [0.1, 0.15) is 0 Å². The van der Waals surface area contributed by atoms with E-state index >= 15 is 0 Å². The molecule has 0 amide bonds. The van der Waals surface area contributed by atoms with E-state index in [4.69, 9.17) is 5.11 Å². The summed E-state index contributed by atoms with van der Waals surface area (Å²) >= 11 is 3.98. The van der Waals surface area contributed by atoms with Crippen LogP contribution in [0.1, 0.15) is 65.2 Å². The molecule has 112 valence electrons. The summed E-state index contributed by atoms with van der Waals surface area (Å²) in [6.07, 6.45) is 9.15. The van der Waals surface area contributed by atoms with E-state index in [2.05, 4.69) is 23.7 Å². The van der Waals surface area contributed by atoms with Crippen molar-refractivity contribution < 1.29 is 38.6 Å². The summed E-state index contributed by atoms with van der Waals surface area (Å²) in [6, 6.07) is 0. The molecule has 0 rings (SSSR count). The van der Waals surface area contributed by atoms with Crippen LogP contribution in [-0.4, -0.2) is 18.3 Å². The molecule has 7 heteroatoms. The van der Waals surface area contributed by atoms with Gasteiger partial charge in [-0.05, 0) is 12.8 Å².